The third-order valence-electron chi connectivity index (χ3n) is 13.4. The van der Waals surface area contributed by atoms with E-state index in [1.165, 1.54) is 98.4 Å². The lowest BCUT2D eigenvalue weighted by molar-refractivity contribution is 0.661. The van der Waals surface area contributed by atoms with Gasteiger partial charge >= 0.3 is 0 Å². The molecule has 0 fully saturated rings. The lowest BCUT2D eigenvalue weighted by Gasteiger charge is -2.22. The van der Waals surface area contributed by atoms with Crippen molar-refractivity contribution in [3.63, 3.8) is 0 Å². The predicted molar refractivity (Wildman–Crippen MR) is 246 cm³/mol. The Labute approximate surface area is 335 Å². The van der Waals surface area contributed by atoms with Crippen molar-refractivity contribution in [1.82, 2.24) is 0 Å². The summed E-state index contributed by atoms with van der Waals surface area (Å²) in [6.07, 6.45) is 0. The predicted octanol–water partition coefficient (Wildman–Crippen LogP) is 16.1. The molecule has 0 N–H and O–H groups in total. The van der Waals surface area contributed by atoms with Crippen LogP contribution in [0.5, 0.6) is 0 Å². The van der Waals surface area contributed by atoms with Crippen LogP contribution in [0.15, 0.2) is 186 Å². The van der Waals surface area contributed by atoms with E-state index < -0.39 is 0 Å². The number of fused-ring (bicyclic) bond motifs is 8. The zero-order chi connectivity index (χ0) is 38.3. The minimum Gasteiger partial charge on any atom is -0.455 e. The highest BCUT2D eigenvalue weighted by Gasteiger charge is 2.36. The molecule has 1 nitrogen and oxygen atoms in total. The van der Waals surface area contributed by atoms with Crippen molar-refractivity contribution in [2.75, 3.05) is 0 Å². The van der Waals surface area contributed by atoms with E-state index in [-0.39, 0.29) is 5.41 Å². The third-order valence-corrected chi connectivity index (χ3v) is 13.4. The van der Waals surface area contributed by atoms with Crippen molar-refractivity contribution in [3.05, 3.63) is 193 Å². The van der Waals surface area contributed by atoms with E-state index in [1.807, 2.05) is 0 Å². The molecule has 1 heteroatoms. The van der Waals surface area contributed by atoms with E-state index in [2.05, 4.69) is 196 Å². The summed E-state index contributed by atoms with van der Waals surface area (Å²) in [5.74, 6) is 0. The summed E-state index contributed by atoms with van der Waals surface area (Å²) in [5, 5.41) is 15.0. The number of rotatable bonds is 3. The van der Waals surface area contributed by atoms with Crippen LogP contribution in [0.25, 0.3) is 120 Å². The van der Waals surface area contributed by atoms with Gasteiger partial charge in [-0.25, -0.2) is 0 Å². The molecule has 1 aliphatic rings. The van der Waals surface area contributed by atoms with Gasteiger partial charge in [0.05, 0.1) is 0 Å². The third kappa shape index (κ3) is 4.36. The first kappa shape index (κ1) is 31.9. The summed E-state index contributed by atoms with van der Waals surface area (Å²) in [6.45, 7) is 4.74. The van der Waals surface area contributed by atoms with E-state index >= 15 is 0 Å². The van der Waals surface area contributed by atoms with Crippen LogP contribution in [0.1, 0.15) is 25.0 Å². The van der Waals surface area contributed by atoms with Crippen LogP contribution in [0.3, 0.4) is 0 Å². The highest BCUT2D eigenvalue weighted by molar-refractivity contribution is 6.27. The lowest BCUT2D eigenvalue weighted by atomic mass is 9.81. The molecule has 58 heavy (non-hydrogen) atoms. The minimum atomic E-state index is -0.0845. The van der Waals surface area contributed by atoms with Gasteiger partial charge in [0.15, 0.2) is 0 Å². The van der Waals surface area contributed by atoms with Gasteiger partial charge in [0.25, 0.3) is 0 Å². The van der Waals surface area contributed by atoms with E-state index in [0.29, 0.717) is 0 Å². The highest BCUT2D eigenvalue weighted by Crippen LogP contribution is 2.51. The Bertz CT molecular complexity index is 3670. The first-order valence-corrected chi connectivity index (χ1v) is 20.3. The topological polar surface area (TPSA) is 13.1 Å². The van der Waals surface area contributed by atoms with E-state index in [0.717, 1.165) is 33.1 Å². The Morgan fingerprint density at radius 2 is 0.879 bits per heavy atom. The maximum absolute atomic E-state index is 6.98. The molecular weight excluding hydrogens is 701 g/mol. The molecule has 0 spiro atoms. The summed E-state index contributed by atoms with van der Waals surface area (Å²) in [5.41, 5.74) is 14.3. The summed E-state index contributed by atoms with van der Waals surface area (Å²) in [6, 6.07) is 67.7. The van der Waals surface area contributed by atoms with E-state index in [4.69, 9.17) is 4.42 Å². The minimum absolute atomic E-state index is 0.0845. The molecule has 0 atom stereocenters. The first-order valence-electron chi connectivity index (χ1n) is 20.3. The molecule has 0 radical (unpaired) electrons. The molecule has 0 unspecified atom stereocenters. The lowest BCUT2D eigenvalue weighted by Crippen LogP contribution is -2.15. The van der Waals surface area contributed by atoms with Crippen LogP contribution in [0.4, 0.5) is 0 Å². The molecular formula is C57H36O. The van der Waals surface area contributed by atoms with Crippen LogP contribution in [0, 0.1) is 0 Å². The molecule has 0 amide bonds. The number of hydrogen-bond acceptors (Lipinski definition) is 1. The SMILES string of the molecule is CC1(C)c2cc(-c3ccc(-c4ccc(-c5ccc6ccc7cccc8ccc5c6c78)c5c4oc4cc6ccccc6cc45)cc3)ccc2-c2cc3ccccc3cc21. The van der Waals surface area contributed by atoms with Crippen LogP contribution in [-0.2, 0) is 5.41 Å². The largest absolute Gasteiger partial charge is 0.455 e. The van der Waals surface area contributed by atoms with E-state index in [9.17, 15) is 0 Å². The van der Waals surface area contributed by atoms with Gasteiger partial charge in [-0.05, 0) is 140 Å². The van der Waals surface area contributed by atoms with Crippen LogP contribution >= 0.6 is 0 Å². The molecule has 1 aromatic heterocycles. The van der Waals surface area contributed by atoms with Crippen molar-refractivity contribution >= 4 is 75.8 Å². The molecule has 270 valence electrons. The van der Waals surface area contributed by atoms with Crippen LogP contribution < -0.4 is 0 Å². The molecule has 13 rings (SSSR count). The Balaban J connectivity index is 0.971. The molecule has 11 aromatic carbocycles. The van der Waals surface area contributed by atoms with Crippen LogP contribution in [-0.4, -0.2) is 0 Å². The van der Waals surface area contributed by atoms with Crippen molar-refractivity contribution in [3.8, 4) is 44.5 Å². The fraction of sp³-hybridized carbons (Fsp3) is 0.0526. The average molecular weight is 737 g/mol. The first-order chi connectivity index (χ1) is 28.5. The second-order valence-corrected chi connectivity index (χ2v) is 16.8. The van der Waals surface area contributed by atoms with Gasteiger partial charge in [0.2, 0.25) is 0 Å². The average Bonchev–Trinajstić information content (AvgIpc) is 3.74. The Morgan fingerprint density at radius 3 is 1.66 bits per heavy atom. The Hall–Kier alpha value is -7.22. The fourth-order valence-corrected chi connectivity index (χ4v) is 10.4. The monoisotopic (exact) mass is 736 g/mol. The van der Waals surface area contributed by atoms with Gasteiger partial charge in [0.1, 0.15) is 11.2 Å². The second-order valence-electron chi connectivity index (χ2n) is 16.8. The molecule has 0 saturated heterocycles. The summed E-state index contributed by atoms with van der Waals surface area (Å²) < 4.78 is 6.98. The van der Waals surface area contributed by atoms with Gasteiger partial charge in [0, 0.05) is 21.8 Å². The summed E-state index contributed by atoms with van der Waals surface area (Å²) in [4.78, 5) is 0. The number of furan rings is 1. The fourth-order valence-electron chi connectivity index (χ4n) is 10.4. The molecule has 1 heterocycles. The van der Waals surface area contributed by atoms with Crippen molar-refractivity contribution in [1.29, 1.82) is 0 Å². The molecule has 0 saturated carbocycles. The highest BCUT2D eigenvalue weighted by atomic mass is 16.3. The van der Waals surface area contributed by atoms with Gasteiger partial charge < -0.3 is 4.42 Å². The van der Waals surface area contributed by atoms with Gasteiger partial charge in [-0.15, -0.1) is 0 Å². The van der Waals surface area contributed by atoms with Gasteiger partial charge in [-0.3, -0.25) is 0 Å². The normalized spacial score (nSPS) is 13.5. The molecule has 1 aliphatic carbocycles. The van der Waals surface area contributed by atoms with Crippen molar-refractivity contribution in [2.24, 2.45) is 0 Å². The zero-order valence-corrected chi connectivity index (χ0v) is 32.2. The zero-order valence-electron chi connectivity index (χ0n) is 32.2. The van der Waals surface area contributed by atoms with Crippen LogP contribution in [0.2, 0.25) is 0 Å². The van der Waals surface area contributed by atoms with Gasteiger partial charge in [-0.2, -0.15) is 0 Å². The van der Waals surface area contributed by atoms with Gasteiger partial charge in [-0.1, -0.05) is 159 Å². The maximum atomic E-state index is 6.98. The Morgan fingerprint density at radius 1 is 0.328 bits per heavy atom. The van der Waals surface area contributed by atoms with E-state index in [1.54, 1.807) is 0 Å². The number of hydrogen-bond donors (Lipinski definition) is 0. The molecule has 0 bridgehead atoms. The Kier molecular flexibility index (Phi) is 6.29. The molecule has 12 aromatic rings. The van der Waals surface area contributed by atoms with Crippen molar-refractivity contribution in [2.45, 2.75) is 19.3 Å². The second kappa shape index (κ2) is 11.4. The number of benzene rings is 11. The summed E-state index contributed by atoms with van der Waals surface area (Å²) >= 11 is 0. The smallest absolute Gasteiger partial charge is 0.143 e. The molecule has 0 aliphatic heterocycles. The quantitative estimate of drug-likeness (QED) is 0.165. The maximum Gasteiger partial charge on any atom is 0.143 e. The standard InChI is InChI=1S/C57H36O/c1-57(2)50-31-42(22-24-45(50)48-28-38-8-3-5-10-40(38)30-51(48)57)33-14-16-34(17-15-33)43-26-27-47(55-49-29-39-9-4-6-11-41(39)32-52(49)58-56(43)55)44-23-20-37-19-18-35-12-7-13-36-21-25-46(44)54(37)53(35)36/h3-32H,1-2H3. The van der Waals surface area contributed by atoms with Crippen molar-refractivity contribution < 1.29 is 4.42 Å². The summed E-state index contributed by atoms with van der Waals surface area (Å²) in [7, 11) is 0.